The minimum atomic E-state index is -0.649. The van der Waals surface area contributed by atoms with Gasteiger partial charge in [-0.3, -0.25) is 0 Å². The summed E-state index contributed by atoms with van der Waals surface area (Å²) in [6.07, 6.45) is 0. The molecule has 0 saturated heterocycles. The molecule has 2 aliphatic carbocycles. The van der Waals surface area contributed by atoms with E-state index in [1.165, 1.54) is 55.6 Å². The highest BCUT2D eigenvalue weighted by molar-refractivity contribution is 6.03. The average molecular weight is 792 g/mol. The van der Waals surface area contributed by atoms with Gasteiger partial charge in [0, 0.05) is 44.3 Å². The summed E-state index contributed by atoms with van der Waals surface area (Å²) < 4.78 is 7.26. The van der Waals surface area contributed by atoms with E-state index in [4.69, 9.17) is 4.74 Å². The van der Waals surface area contributed by atoms with Gasteiger partial charge in [0.1, 0.15) is 11.5 Å². The minimum Gasteiger partial charge on any atom is -0.455 e. The Morgan fingerprint density at radius 1 is 0.371 bits per heavy atom. The molecule has 0 unspecified atom stereocenters. The third kappa shape index (κ3) is 4.69. The highest BCUT2D eigenvalue weighted by Gasteiger charge is 2.52. The van der Waals surface area contributed by atoms with Gasteiger partial charge in [0.2, 0.25) is 0 Å². The first-order valence-corrected chi connectivity index (χ1v) is 21.7. The lowest BCUT2D eigenvalue weighted by Gasteiger charge is -2.40. The summed E-state index contributed by atoms with van der Waals surface area (Å²) >= 11 is 0. The second-order valence-electron chi connectivity index (χ2n) is 17.6. The van der Waals surface area contributed by atoms with Crippen molar-refractivity contribution in [2.75, 3.05) is 4.90 Å². The Morgan fingerprint density at radius 2 is 0.919 bits per heavy atom. The van der Waals surface area contributed by atoms with Crippen molar-refractivity contribution in [1.29, 1.82) is 0 Å². The maximum atomic E-state index is 7.26. The molecule has 1 heterocycles. The molecule has 0 N–H and O–H groups in total. The number of fused-ring (bicyclic) bond motifs is 16. The third-order valence-electron chi connectivity index (χ3n) is 14.1. The Balaban J connectivity index is 1.11. The van der Waals surface area contributed by atoms with Crippen LogP contribution in [0.2, 0.25) is 0 Å². The quantitative estimate of drug-likeness (QED) is 0.176. The molecular weight excluding hydrogens is 751 g/mol. The summed E-state index contributed by atoms with van der Waals surface area (Å²) in [7, 11) is 0. The molecule has 0 atom stereocenters. The Labute approximate surface area is 362 Å². The molecule has 0 bridgehead atoms. The zero-order valence-corrected chi connectivity index (χ0v) is 34.6. The van der Waals surface area contributed by atoms with Gasteiger partial charge < -0.3 is 9.64 Å². The molecule has 0 aromatic heterocycles. The van der Waals surface area contributed by atoms with Gasteiger partial charge in [-0.05, 0) is 91.2 Å². The van der Waals surface area contributed by atoms with Crippen molar-refractivity contribution in [2.24, 2.45) is 0 Å². The van der Waals surface area contributed by atoms with Crippen LogP contribution in [0.15, 0.2) is 212 Å². The molecule has 1 aliphatic heterocycles. The largest absolute Gasteiger partial charge is 0.455 e. The predicted molar refractivity (Wildman–Crippen MR) is 257 cm³/mol. The van der Waals surface area contributed by atoms with Crippen molar-refractivity contribution >= 4 is 38.6 Å². The van der Waals surface area contributed by atoms with Gasteiger partial charge in [-0.1, -0.05) is 196 Å². The Bertz CT molecular complexity index is 3380. The van der Waals surface area contributed by atoms with Crippen molar-refractivity contribution < 1.29 is 4.74 Å². The van der Waals surface area contributed by atoms with Crippen LogP contribution >= 0.6 is 0 Å². The van der Waals surface area contributed by atoms with Crippen LogP contribution in [0.1, 0.15) is 47.2 Å². The molecule has 292 valence electrons. The molecule has 13 rings (SSSR count). The van der Waals surface area contributed by atoms with Crippen LogP contribution < -0.4 is 9.64 Å². The Hall–Kier alpha value is -7.68. The fourth-order valence-corrected chi connectivity index (χ4v) is 11.3. The van der Waals surface area contributed by atoms with Crippen LogP contribution in [0, 0.1) is 0 Å². The number of ether oxygens (including phenoxy) is 1. The van der Waals surface area contributed by atoms with Crippen LogP contribution in [0.25, 0.3) is 54.9 Å². The first-order chi connectivity index (χ1) is 30.5. The maximum Gasteiger partial charge on any atom is 0.140 e. The molecule has 1 spiro atoms. The first kappa shape index (κ1) is 35.1. The van der Waals surface area contributed by atoms with E-state index in [0.29, 0.717) is 0 Å². The van der Waals surface area contributed by atoms with E-state index >= 15 is 0 Å². The number of hydrogen-bond acceptors (Lipinski definition) is 2. The molecule has 0 fully saturated rings. The van der Waals surface area contributed by atoms with Crippen molar-refractivity contribution in [3.8, 4) is 44.9 Å². The van der Waals surface area contributed by atoms with E-state index < -0.39 is 5.41 Å². The minimum absolute atomic E-state index is 0.152. The SMILES string of the molecule is CC1(C)c2ccccc2-c2ccc(N(c3ccc(-c4ccccc4)cc3)c3cccc4c3-c3ccccc3C43c4ccc5ccccc5c4Oc4c3ccc3ccccc43)cc21. The molecular formula is C60H41NO. The van der Waals surface area contributed by atoms with Gasteiger partial charge in [-0.15, -0.1) is 0 Å². The predicted octanol–water partition coefficient (Wildman–Crippen LogP) is 15.9. The van der Waals surface area contributed by atoms with Crippen LogP contribution in [0.5, 0.6) is 11.5 Å². The van der Waals surface area contributed by atoms with E-state index in [2.05, 4.69) is 231 Å². The van der Waals surface area contributed by atoms with Gasteiger partial charge >= 0.3 is 0 Å². The molecule has 0 amide bonds. The monoisotopic (exact) mass is 791 g/mol. The second-order valence-corrected chi connectivity index (χ2v) is 17.6. The molecule has 10 aromatic carbocycles. The average Bonchev–Trinajstić information content (AvgIpc) is 3.75. The van der Waals surface area contributed by atoms with E-state index in [9.17, 15) is 0 Å². The summed E-state index contributed by atoms with van der Waals surface area (Å²) in [5.74, 6) is 1.85. The van der Waals surface area contributed by atoms with Crippen molar-refractivity contribution in [1.82, 2.24) is 0 Å². The normalized spacial score (nSPS) is 14.4. The van der Waals surface area contributed by atoms with Crippen LogP contribution in [0.3, 0.4) is 0 Å². The summed E-state index contributed by atoms with van der Waals surface area (Å²) in [5, 5.41) is 4.56. The molecule has 62 heavy (non-hydrogen) atoms. The van der Waals surface area contributed by atoms with Crippen LogP contribution in [0.4, 0.5) is 17.1 Å². The van der Waals surface area contributed by atoms with E-state index in [-0.39, 0.29) is 5.41 Å². The van der Waals surface area contributed by atoms with Crippen LogP contribution in [-0.2, 0) is 10.8 Å². The highest BCUT2D eigenvalue weighted by atomic mass is 16.5. The summed E-state index contributed by atoms with van der Waals surface area (Å²) in [5.41, 5.74) is 17.7. The maximum absolute atomic E-state index is 7.26. The standard InChI is InChI=1S/C60H41NO/c1-59(2)49-23-12-10-21-46(49)47-34-33-43(37-54(47)59)61(42-31-27-39(28-32-42)38-15-4-3-5-16-38)55-26-14-25-51-56(55)48-22-11-13-24-50(48)60(51)52-35-29-40-17-6-8-19-44(40)57(52)62-58-45-20-9-7-18-41(45)30-36-53(58)60/h3-37H,1-2H3. The molecule has 0 saturated carbocycles. The van der Waals surface area contributed by atoms with Gasteiger partial charge in [-0.25, -0.2) is 0 Å². The fourth-order valence-electron chi connectivity index (χ4n) is 11.3. The number of anilines is 3. The lowest BCUT2D eigenvalue weighted by atomic mass is 9.65. The summed E-state index contributed by atoms with van der Waals surface area (Å²) in [6.45, 7) is 4.74. The smallest absolute Gasteiger partial charge is 0.140 e. The number of rotatable bonds is 4. The first-order valence-electron chi connectivity index (χ1n) is 21.7. The Morgan fingerprint density at radius 3 is 1.63 bits per heavy atom. The highest BCUT2D eigenvalue weighted by Crippen LogP contribution is 2.66. The Kier molecular flexibility index (Phi) is 7.31. The van der Waals surface area contributed by atoms with Gasteiger partial charge in [-0.2, -0.15) is 0 Å². The number of benzene rings is 10. The van der Waals surface area contributed by atoms with Gasteiger partial charge in [0.25, 0.3) is 0 Å². The molecule has 0 radical (unpaired) electrons. The number of nitrogens with zero attached hydrogens (tertiary/aromatic N) is 1. The van der Waals surface area contributed by atoms with E-state index in [0.717, 1.165) is 61.2 Å². The molecule has 3 aliphatic rings. The second kappa shape index (κ2) is 12.9. The van der Waals surface area contributed by atoms with Gasteiger partial charge in [0.05, 0.1) is 11.1 Å². The lowest BCUT2D eigenvalue weighted by Crippen LogP contribution is -2.32. The molecule has 10 aromatic rings. The van der Waals surface area contributed by atoms with Crippen molar-refractivity contribution in [2.45, 2.75) is 24.7 Å². The molecule has 2 nitrogen and oxygen atoms in total. The zero-order valence-electron chi connectivity index (χ0n) is 34.6. The third-order valence-corrected chi connectivity index (χ3v) is 14.1. The van der Waals surface area contributed by atoms with Crippen molar-refractivity contribution in [3.05, 3.63) is 246 Å². The van der Waals surface area contributed by atoms with E-state index in [1.807, 2.05) is 0 Å². The van der Waals surface area contributed by atoms with E-state index in [1.54, 1.807) is 0 Å². The van der Waals surface area contributed by atoms with Gasteiger partial charge in [0.15, 0.2) is 0 Å². The topological polar surface area (TPSA) is 12.5 Å². The van der Waals surface area contributed by atoms with Crippen molar-refractivity contribution in [3.63, 3.8) is 0 Å². The summed E-state index contributed by atoms with van der Waals surface area (Å²) in [4.78, 5) is 2.50. The molecule has 2 heteroatoms. The number of hydrogen-bond donors (Lipinski definition) is 0. The lowest BCUT2D eigenvalue weighted by molar-refractivity contribution is 0.447. The zero-order chi connectivity index (χ0) is 41.2. The summed E-state index contributed by atoms with van der Waals surface area (Å²) in [6, 6.07) is 78.4. The van der Waals surface area contributed by atoms with Crippen LogP contribution in [-0.4, -0.2) is 0 Å². The fraction of sp³-hybridized carbons (Fsp3) is 0.0667.